The van der Waals surface area contributed by atoms with Crippen LogP contribution in [0.3, 0.4) is 0 Å². The second-order valence-corrected chi connectivity index (χ2v) is 14.5. The van der Waals surface area contributed by atoms with Crippen molar-refractivity contribution in [3.63, 3.8) is 0 Å². The highest BCUT2D eigenvalue weighted by atomic mass is 32.2. The molecule has 1 aromatic heterocycles. The molecular formula is C42H39NS. The maximum atomic E-state index is 2.81. The summed E-state index contributed by atoms with van der Waals surface area (Å²) < 4.78 is 2.81. The van der Waals surface area contributed by atoms with E-state index in [1.807, 2.05) is 0 Å². The van der Waals surface area contributed by atoms with E-state index in [9.17, 15) is 0 Å². The van der Waals surface area contributed by atoms with Gasteiger partial charge in [-0.2, -0.15) is 0 Å². The summed E-state index contributed by atoms with van der Waals surface area (Å²) in [6.07, 6.45) is 43.8. The molecule has 2 heterocycles. The Labute approximate surface area is 266 Å². The van der Waals surface area contributed by atoms with Gasteiger partial charge in [0.2, 0.25) is 0 Å². The second kappa shape index (κ2) is 11.0. The highest BCUT2D eigenvalue weighted by Gasteiger charge is 2.39. The largest absolute Gasteiger partial charge is 0.340 e. The minimum absolute atomic E-state index is 0.350. The Morgan fingerprint density at radius 2 is 1.64 bits per heavy atom. The Morgan fingerprint density at radius 1 is 0.750 bits per heavy atom. The first-order valence-electron chi connectivity index (χ1n) is 16.7. The summed E-state index contributed by atoms with van der Waals surface area (Å²) in [6.45, 7) is 0. The van der Waals surface area contributed by atoms with E-state index in [1.54, 1.807) is 27.4 Å². The first kappa shape index (κ1) is 26.6. The van der Waals surface area contributed by atoms with E-state index in [0.29, 0.717) is 29.0 Å². The predicted molar refractivity (Wildman–Crippen MR) is 188 cm³/mol. The maximum absolute atomic E-state index is 2.81. The molecule has 0 fully saturated rings. The second-order valence-electron chi connectivity index (χ2n) is 13.3. The van der Waals surface area contributed by atoms with Gasteiger partial charge < -0.3 is 4.57 Å². The molecule has 5 atom stereocenters. The van der Waals surface area contributed by atoms with E-state index in [2.05, 4.69) is 138 Å². The van der Waals surface area contributed by atoms with Crippen molar-refractivity contribution in [1.82, 2.24) is 4.57 Å². The van der Waals surface area contributed by atoms with Crippen LogP contribution < -0.4 is 0 Å². The molecule has 0 bridgehead atoms. The Bertz CT molecular complexity index is 1820. The van der Waals surface area contributed by atoms with Crippen LogP contribution in [0.4, 0.5) is 0 Å². The number of allylic oxidation sites excluding steroid dienone is 17. The molecule has 44 heavy (non-hydrogen) atoms. The Kier molecular flexibility index (Phi) is 6.66. The summed E-state index contributed by atoms with van der Waals surface area (Å²) in [5.74, 6) is 1.53. The van der Waals surface area contributed by atoms with Gasteiger partial charge in [0.15, 0.2) is 0 Å². The molecule has 2 aromatic rings. The number of rotatable bonds is 4. The lowest BCUT2D eigenvalue weighted by Gasteiger charge is -2.31. The topological polar surface area (TPSA) is 4.93 Å². The summed E-state index contributed by atoms with van der Waals surface area (Å²) in [6, 6.07) is 11.5. The molecule has 0 spiro atoms. The molecule has 0 radical (unpaired) electrons. The lowest BCUT2D eigenvalue weighted by molar-refractivity contribution is 0.547. The average Bonchev–Trinajstić information content (AvgIpc) is 3.64. The van der Waals surface area contributed by atoms with Crippen LogP contribution in [-0.2, 0) is 12.8 Å². The number of nitrogens with zero attached hydrogens (tertiary/aromatic N) is 1. The third kappa shape index (κ3) is 4.45. The molecule has 0 N–H and O–H groups in total. The summed E-state index contributed by atoms with van der Waals surface area (Å²) in [4.78, 5) is 1.64. The van der Waals surface area contributed by atoms with Crippen LogP contribution in [-0.4, -0.2) is 9.82 Å². The van der Waals surface area contributed by atoms with Crippen molar-refractivity contribution in [2.45, 2.75) is 56.2 Å². The molecular weight excluding hydrogens is 551 g/mol. The van der Waals surface area contributed by atoms with Crippen molar-refractivity contribution in [3.8, 4) is 0 Å². The summed E-state index contributed by atoms with van der Waals surface area (Å²) in [5.41, 5.74) is 13.7. The smallest absolute Gasteiger partial charge is 0.0562 e. The first-order chi connectivity index (χ1) is 21.8. The average molecular weight is 590 g/mol. The van der Waals surface area contributed by atoms with E-state index in [0.717, 1.165) is 44.9 Å². The fourth-order valence-electron chi connectivity index (χ4n) is 8.69. The predicted octanol–water partition coefficient (Wildman–Crippen LogP) is 10.6. The molecule has 9 rings (SSSR count). The number of aromatic nitrogens is 1. The van der Waals surface area contributed by atoms with Crippen LogP contribution in [0.1, 0.15) is 66.2 Å². The summed E-state index contributed by atoms with van der Waals surface area (Å²) >= 11 is 2.14. The van der Waals surface area contributed by atoms with E-state index in [-0.39, 0.29) is 0 Å². The van der Waals surface area contributed by atoms with Crippen molar-refractivity contribution in [3.05, 3.63) is 159 Å². The van der Waals surface area contributed by atoms with Crippen molar-refractivity contribution < 1.29 is 0 Å². The van der Waals surface area contributed by atoms with Gasteiger partial charge in [-0.15, -0.1) is 11.8 Å². The maximum Gasteiger partial charge on any atom is 0.0562 e. The highest BCUT2D eigenvalue weighted by molar-refractivity contribution is 8.04. The number of thioether (sulfide) groups is 1. The molecule has 1 nitrogen and oxygen atoms in total. The van der Waals surface area contributed by atoms with Gasteiger partial charge >= 0.3 is 0 Å². The molecule has 0 amide bonds. The molecule has 6 aliphatic carbocycles. The zero-order chi connectivity index (χ0) is 29.0. The zero-order valence-electron chi connectivity index (χ0n) is 25.2. The molecule has 218 valence electrons. The zero-order valence-corrected chi connectivity index (χ0v) is 26.1. The molecule has 2 heteroatoms. The van der Waals surface area contributed by atoms with Crippen molar-refractivity contribution in [2.75, 3.05) is 0 Å². The normalized spacial score (nSPS) is 29.5. The van der Waals surface area contributed by atoms with Crippen molar-refractivity contribution >= 4 is 29.5 Å². The Hall–Kier alpha value is -3.75. The Morgan fingerprint density at radius 3 is 2.55 bits per heavy atom. The third-order valence-electron chi connectivity index (χ3n) is 10.8. The van der Waals surface area contributed by atoms with Crippen LogP contribution in [0.5, 0.6) is 0 Å². The number of fused-ring (bicyclic) bond motifs is 5. The van der Waals surface area contributed by atoms with Gasteiger partial charge in [0.1, 0.15) is 0 Å². The summed E-state index contributed by atoms with van der Waals surface area (Å²) in [5, 5.41) is 0.570. The Balaban J connectivity index is 1.12. The fraction of sp³-hybridized carbons (Fsp3) is 0.286. The third-order valence-corrected chi connectivity index (χ3v) is 12.3. The number of hydrogen-bond donors (Lipinski definition) is 0. The van der Waals surface area contributed by atoms with Gasteiger partial charge in [-0.25, -0.2) is 0 Å². The van der Waals surface area contributed by atoms with Gasteiger partial charge in [-0.1, -0.05) is 127 Å². The van der Waals surface area contributed by atoms with Gasteiger partial charge in [0.05, 0.1) is 6.04 Å². The monoisotopic (exact) mass is 589 g/mol. The molecule has 5 unspecified atom stereocenters. The van der Waals surface area contributed by atoms with Gasteiger partial charge in [-0.05, 0) is 72.1 Å². The van der Waals surface area contributed by atoms with Crippen LogP contribution in [0.15, 0.2) is 131 Å². The van der Waals surface area contributed by atoms with Crippen LogP contribution >= 0.6 is 11.8 Å². The molecule has 0 saturated heterocycles. The van der Waals surface area contributed by atoms with Gasteiger partial charge in [0, 0.05) is 45.5 Å². The lowest BCUT2D eigenvalue weighted by atomic mass is 9.79. The lowest BCUT2D eigenvalue weighted by Crippen LogP contribution is -2.20. The van der Waals surface area contributed by atoms with Gasteiger partial charge in [0.25, 0.3) is 0 Å². The molecule has 7 aliphatic rings. The van der Waals surface area contributed by atoms with Crippen LogP contribution in [0, 0.1) is 17.8 Å². The number of benzene rings is 1. The molecule has 1 aromatic carbocycles. The molecule has 0 saturated carbocycles. The van der Waals surface area contributed by atoms with Crippen molar-refractivity contribution in [2.24, 2.45) is 17.8 Å². The highest BCUT2D eigenvalue weighted by Crippen LogP contribution is 2.54. The van der Waals surface area contributed by atoms with Crippen molar-refractivity contribution in [1.29, 1.82) is 0 Å². The fourth-order valence-corrected chi connectivity index (χ4v) is 10.3. The van der Waals surface area contributed by atoms with Crippen LogP contribution in [0.25, 0.3) is 17.7 Å². The quantitative estimate of drug-likeness (QED) is 0.343. The SMILES string of the molecule is C1=CCC(C2=CC(n3c4c(c5c3CCC(C3CC=CC6=C3SC3C=CC=CC63)=C5)C=CCC4)CC(c3ccccc3)=C2)C=C1. The molecule has 1 aliphatic heterocycles. The first-order valence-corrected chi connectivity index (χ1v) is 17.6. The van der Waals surface area contributed by atoms with E-state index in [4.69, 9.17) is 0 Å². The van der Waals surface area contributed by atoms with E-state index in [1.165, 1.54) is 27.8 Å². The van der Waals surface area contributed by atoms with Crippen LogP contribution in [0.2, 0.25) is 0 Å². The van der Waals surface area contributed by atoms with Gasteiger partial charge in [-0.3, -0.25) is 0 Å². The number of hydrogen-bond acceptors (Lipinski definition) is 1. The minimum Gasteiger partial charge on any atom is -0.340 e. The van der Waals surface area contributed by atoms with E-state index < -0.39 is 0 Å². The summed E-state index contributed by atoms with van der Waals surface area (Å²) in [7, 11) is 0. The standard InChI is InChI=1S/C42H39NS/c1-3-12-28(13-4-1)31-24-32(29-14-5-2-6-15-29)26-33(25-31)43-39-20-9-7-16-35(39)38-27-30(22-23-40(38)43)34-18-11-19-37-36-17-8-10-21-41(36)44-42(34)37/h1-8,10-14,16-17,19,21,24,26-27,29,33-34,36,41H,9,15,18,20,22-23,25H2. The van der Waals surface area contributed by atoms with E-state index >= 15 is 0 Å². The minimum atomic E-state index is 0.350.